The summed E-state index contributed by atoms with van der Waals surface area (Å²) in [4.78, 5) is 23.4. The van der Waals surface area contributed by atoms with Crippen molar-refractivity contribution in [1.82, 2.24) is 20.2 Å². The number of hydrogen-bond acceptors (Lipinski definition) is 7. The lowest BCUT2D eigenvalue weighted by Gasteiger charge is -2.26. The van der Waals surface area contributed by atoms with Gasteiger partial charge in [0.1, 0.15) is 5.69 Å². The molecule has 1 aromatic heterocycles. The Labute approximate surface area is 165 Å². The zero-order chi connectivity index (χ0) is 19.6. The highest BCUT2D eigenvalue weighted by molar-refractivity contribution is 5.95. The van der Waals surface area contributed by atoms with Crippen LogP contribution in [0.15, 0.2) is 36.7 Å². The second-order valence-electron chi connectivity index (χ2n) is 6.55. The van der Waals surface area contributed by atoms with Crippen molar-refractivity contribution in [3.8, 4) is 11.3 Å². The van der Waals surface area contributed by atoms with E-state index in [2.05, 4.69) is 25.5 Å². The molecule has 0 radical (unpaired) electrons. The van der Waals surface area contributed by atoms with Crippen molar-refractivity contribution < 1.29 is 14.6 Å². The third kappa shape index (κ3) is 5.72. The number of hydrogen-bond donors (Lipinski definition) is 3. The van der Waals surface area contributed by atoms with Crippen LogP contribution in [0.2, 0.25) is 0 Å². The minimum atomic E-state index is -0.222. The Kier molecular flexibility index (Phi) is 7.71. The van der Waals surface area contributed by atoms with Crippen molar-refractivity contribution in [3.05, 3.63) is 42.2 Å². The van der Waals surface area contributed by atoms with Crippen molar-refractivity contribution in [2.24, 2.45) is 0 Å². The van der Waals surface area contributed by atoms with Crippen LogP contribution in [0.25, 0.3) is 11.3 Å². The van der Waals surface area contributed by atoms with E-state index < -0.39 is 0 Å². The van der Waals surface area contributed by atoms with Gasteiger partial charge in [-0.3, -0.25) is 14.7 Å². The third-order valence-corrected chi connectivity index (χ3v) is 4.54. The van der Waals surface area contributed by atoms with Crippen LogP contribution in [0, 0.1) is 0 Å². The van der Waals surface area contributed by atoms with Crippen LogP contribution in [-0.2, 0) is 4.74 Å². The Morgan fingerprint density at radius 3 is 2.82 bits per heavy atom. The molecule has 0 aliphatic carbocycles. The van der Waals surface area contributed by atoms with E-state index >= 15 is 0 Å². The Morgan fingerprint density at radius 1 is 1.18 bits per heavy atom. The Morgan fingerprint density at radius 2 is 2.00 bits per heavy atom. The van der Waals surface area contributed by atoms with E-state index in [1.807, 2.05) is 12.1 Å². The van der Waals surface area contributed by atoms with Crippen molar-refractivity contribution in [2.75, 3.05) is 57.9 Å². The van der Waals surface area contributed by atoms with Gasteiger partial charge in [0.25, 0.3) is 5.91 Å². The standard InChI is InChI=1S/C20H27N5O3/c26-12-8-24-20(27)17-4-1-3-16(15-17)18-19(23-7-6-21-18)22-5-2-9-25-10-13-28-14-11-25/h1,3-4,6-7,15,26H,2,5,8-14H2,(H,22,23)(H,24,27). The number of rotatable bonds is 9. The molecule has 1 aliphatic rings. The molecule has 0 spiro atoms. The topological polar surface area (TPSA) is 99.6 Å². The Hall–Kier alpha value is -2.55. The maximum atomic E-state index is 12.1. The third-order valence-electron chi connectivity index (χ3n) is 4.54. The Balaban J connectivity index is 1.62. The number of carbonyl (C=O) groups is 1. The van der Waals surface area contributed by atoms with E-state index in [4.69, 9.17) is 9.84 Å². The first-order valence-corrected chi connectivity index (χ1v) is 9.62. The van der Waals surface area contributed by atoms with Crippen molar-refractivity contribution in [1.29, 1.82) is 0 Å². The second-order valence-corrected chi connectivity index (χ2v) is 6.55. The lowest BCUT2D eigenvalue weighted by atomic mass is 10.1. The normalized spacial score (nSPS) is 14.6. The molecule has 2 aromatic rings. The van der Waals surface area contributed by atoms with E-state index in [-0.39, 0.29) is 19.1 Å². The van der Waals surface area contributed by atoms with Gasteiger partial charge in [0.05, 0.1) is 19.8 Å². The van der Waals surface area contributed by atoms with Gasteiger partial charge in [-0.15, -0.1) is 0 Å². The molecule has 2 heterocycles. The SMILES string of the molecule is O=C(NCCO)c1cccc(-c2nccnc2NCCCN2CCOCC2)c1. The summed E-state index contributed by atoms with van der Waals surface area (Å²) in [5, 5.41) is 14.9. The molecule has 1 fully saturated rings. The number of aromatic nitrogens is 2. The average molecular weight is 385 g/mol. The van der Waals surface area contributed by atoms with Crippen molar-refractivity contribution in [2.45, 2.75) is 6.42 Å². The molecule has 28 heavy (non-hydrogen) atoms. The van der Waals surface area contributed by atoms with E-state index in [1.54, 1.807) is 24.5 Å². The number of ether oxygens (including phenoxy) is 1. The van der Waals surface area contributed by atoms with Crippen LogP contribution in [0.4, 0.5) is 5.82 Å². The first-order chi connectivity index (χ1) is 13.8. The minimum absolute atomic E-state index is 0.0892. The van der Waals surface area contributed by atoms with Gasteiger partial charge >= 0.3 is 0 Å². The molecule has 3 rings (SSSR count). The molecule has 3 N–H and O–H groups in total. The number of aliphatic hydroxyl groups excluding tert-OH is 1. The number of benzene rings is 1. The summed E-state index contributed by atoms with van der Waals surface area (Å²) in [6, 6.07) is 7.25. The maximum Gasteiger partial charge on any atom is 0.251 e. The van der Waals surface area contributed by atoms with Gasteiger partial charge in [0.2, 0.25) is 0 Å². The molecule has 1 aromatic carbocycles. The summed E-state index contributed by atoms with van der Waals surface area (Å²) in [5.74, 6) is 0.484. The summed E-state index contributed by atoms with van der Waals surface area (Å²) in [5.41, 5.74) is 2.06. The Bertz CT molecular complexity index is 765. The van der Waals surface area contributed by atoms with Crippen molar-refractivity contribution >= 4 is 11.7 Å². The number of anilines is 1. The summed E-state index contributed by atoms with van der Waals surface area (Å²) < 4.78 is 5.37. The second kappa shape index (κ2) is 10.7. The maximum absolute atomic E-state index is 12.1. The van der Waals surface area contributed by atoms with E-state index in [1.165, 1.54) is 0 Å². The summed E-state index contributed by atoms with van der Waals surface area (Å²) >= 11 is 0. The fourth-order valence-corrected chi connectivity index (χ4v) is 3.09. The smallest absolute Gasteiger partial charge is 0.251 e. The molecule has 150 valence electrons. The van der Waals surface area contributed by atoms with E-state index in [0.29, 0.717) is 17.1 Å². The van der Waals surface area contributed by atoms with Crippen molar-refractivity contribution in [3.63, 3.8) is 0 Å². The van der Waals surface area contributed by atoms with Crippen LogP contribution in [0.3, 0.4) is 0 Å². The lowest BCUT2D eigenvalue weighted by molar-refractivity contribution is 0.0378. The van der Waals surface area contributed by atoms with Gasteiger partial charge in [-0.05, 0) is 25.1 Å². The number of nitrogens with zero attached hydrogens (tertiary/aromatic N) is 3. The molecule has 0 atom stereocenters. The molecule has 0 saturated carbocycles. The molecule has 8 nitrogen and oxygen atoms in total. The van der Waals surface area contributed by atoms with Crippen LogP contribution in [0.5, 0.6) is 0 Å². The van der Waals surface area contributed by atoms with Crippen LogP contribution in [-0.4, -0.2) is 78.4 Å². The molecule has 0 bridgehead atoms. The van der Waals surface area contributed by atoms with Crippen LogP contribution in [0.1, 0.15) is 16.8 Å². The molecular weight excluding hydrogens is 358 g/mol. The zero-order valence-corrected chi connectivity index (χ0v) is 15.9. The van der Waals surface area contributed by atoms with Gasteiger partial charge < -0.3 is 20.5 Å². The predicted octanol–water partition coefficient (Wildman–Crippen LogP) is 1.000. The van der Waals surface area contributed by atoms with Gasteiger partial charge in [0, 0.05) is 49.7 Å². The first-order valence-electron chi connectivity index (χ1n) is 9.62. The minimum Gasteiger partial charge on any atom is -0.395 e. The van der Waals surface area contributed by atoms with E-state index in [0.717, 1.165) is 51.4 Å². The average Bonchev–Trinajstić information content (AvgIpc) is 2.76. The monoisotopic (exact) mass is 385 g/mol. The highest BCUT2D eigenvalue weighted by atomic mass is 16.5. The summed E-state index contributed by atoms with van der Waals surface area (Å²) in [7, 11) is 0. The molecule has 0 unspecified atom stereocenters. The van der Waals surface area contributed by atoms with Gasteiger partial charge in [-0.1, -0.05) is 12.1 Å². The number of nitrogens with one attached hydrogen (secondary N) is 2. The fourth-order valence-electron chi connectivity index (χ4n) is 3.09. The van der Waals surface area contributed by atoms with Crippen LogP contribution >= 0.6 is 0 Å². The molecule has 8 heteroatoms. The molecule has 1 aliphatic heterocycles. The highest BCUT2D eigenvalue weighted by Crippen LogP contribution is 2.24. The lowest BCUT2D eigenvalue weighted by Crippen LogP contribution is -2.37. The number of aliphatic hydroxyl groups is 1. The zero-order valence-electron chi connectivity index (χ0n) is 15.9. The van der Waals surface area contributed by atoms with Gasteiger partial charge in [-0.25, -0.2) is 4.98 Å². The summed E-state index contributed by atoms with van der Waals surface area (Å²) in [6.45, 7) is 5.54. The molecule has 1 amide bonds. The predicted molar refractivity (Wildman–Crippen MR) is 107 cm³/mol. The quantitative estimate of drug-likeness (QED) is 0.554. The largest absolute Gasteiger partial charge is 0.395 e. The number of amides is 1. The van der Waals surface area contributed by atoms with E-state index in [9.17, 15) is 4.79 Å². The van der Waals surface area contributed by atoms with Gasteiger partial charge in [-0.2, -0.15) is 0 Å². The highest BCUT2D eigenvalue weighted by Gasteiger charge is 2.12. The summed E-state index contributed by atoms with van der Waals surface area (Å²) in [6.07, 6.45) is 4.30. The number of morpholine rings is 1. The fraction of sp³-hybridized carbons (Fsp3) is 0.450. The number of carbonyl (C=O) groups excluding carboxylic acids is 1. The molecule has 1 saturated heterocycles. The van der Waals surface area contributed by atoms with Crippen LogP contribution < -0.4 is 10.6 Å². The molecular formula is C20H27N5O3. The first kappa shape index (κ1) is 20.2. The van der Waals surface area contributed by atoms with Gasteiger partial charge in [0.15, 0.2) is 5.82 Å².